The molecule has 2 aromatic carbocycles. The van der Waals surface area contributed by atoms with Crippen LogP contribution in [0.3, 0.4) is 0 Å². The Morgan fingerprint density at radius 1 is 1.16 bits per heavy atom. The molecular weight excluding hydrogens is 318 g/mol. The van der Waals surface area contributed by atoms with Gasteiger partial charge in [0.05, 0.1) is 17.8 Å². The maximum Gasteiger partial charge on any atom is 0.330 e. The van der Waals surface area contributed by atoms with Gasteiger partial charge in [-0.25, -0.2) is 4.79 Å². The molecule has 6 nitrogen and oxygen atoms in total. The Hall–Kier alpha value is -3.41. The molecule has 0 aliphatic heterocycles. The molecule has 2 N–H and O–H groups in total. The molecule has 0 aliphatic carbocycles. The quantitative estimate of drug-likeness (QED) is 0.553. The summed E-state index contributed by atoms with van der Waals surface area (Å²) in [5.74, 6) is -0.952. The fourth-order valence-electron chi connectivity index (χ4n) is 2.45. The van der Waals surface area contributed by atoms with Crippen LogP contribution in [0.4, 0.5) is 5.69 Å². The van der Waals surface area contributed by atoms with E-state index in [0.29, 0.717) is 5.69 Å². The molecule has 1 heterocycles. The van der Waals surface area contributed by atoms with Crippen molar-refractivity contribution in [2.45, 2.75) is 6.92 Å². The Bertz CT molecular complexity index is 944. The first-order chi connectivity index (χ1) is 12.2. The SMILES string of the molecule is CCOC(=O)/C=C/C(=O)Nc1cccc(-c2n[nH]c3ccccc23)c1. The summed E-state index contributed by atoms with van der Waals surface area (Å²) in [5, 5.41) is 11.1. The smallest absolute Gasteiger partial charge is 0.330 e. The lowest BCUT2D eigenvalue weighted by molar-refractivity contribution is -0.137. The number of amides is 1. The minimum atomic E-state index is -0.547. The summed E-state index contributed by atoms with van der Waals surface area (Å²) in [7, 11) is 0. The van der Waals surface area contributed by atoms with Crippen molar-refractivity contribution in [1.29, 1.82) is 0 Å². The van der Waals surface area contributed by atoms with Crippen molar-refractivity contribution in [2.24, 2.45) is 0 Å². The summed E-state index contributed by atoms with van der Waals surface area (Å²) in [4.78, 5) is 23.1. The molecule has 0 radical (unpaired) electrons. The van der Waals surface area contributed by atoms with Crippen LogP contribution in [0.1, 0.15) is 6.92 Å². The predicted octanol–water partition coefficient (Wildman–Crippen LogP) is 3.29. The van der Waals surface area contributed by atoms with Gasteiger partial charge in [-0.15, -0.1) is 0 Å². The van der Waals surface area contributed by atoms with Crippen molar-refractivity contribution >= 4 is 28.5 Å². The fraction of sp³-hybridized carbons (Fsp3) is 0.105. The number of rotatable bonds is 5. The van der Waals surface area contributed by atoms with Crippen LogP contribution >= 0.6 is 0 Å². The number of carbonyl (C=O) groups is 2. The molecule has 6 heteroatoms. The van der Waals surface area contributed by atoms with E-state index in [4.69, 9.17) is 4.74 Å². The highest BCUT2D eigenvalue weighted by molar-refractivity contribution is 6.03. The third kappa shape index (κ3) is 3.92. The minimum absolute atomic E-state index is 0.268. The van der Waals surface area contributed by atoms with Crippen LogP contribution in [0.5, 0.6) is 0 Å². The lowest BCUT2D eigenvalue weighted by Crippen LogP contribution is -2.09. The van der Waals surface area contributed by atoms with Crippen LogP contribution in [-0.2, 0) is 14.3 Å². The Morgan fingerprint density at radius 2 is 2.00 bits per heavy atom. The number of benzene rings is 2. The molecule has 0 unspecified atom stereocenters. The molecule has 0 spiro atoms. The number of ether oxygens (including phenoxy) is 1. The summed E-state index contributed by atoms with van der Waals surface area (Å²) in [6.07, 6.45) is 2.25. The third-order valence-electron chi connectivity index (χ3n) is 3.53. The number of nitrogens with zero attached hydrogens (tertiary/aromatic N) is 1. The topological polar surface area (TPSA) is 84.1 Å². The van der Waals surface area contributed by atoms with Crippen LogP contribution in [0.2, 0.25) is 0 Å². The van der Waals surface area contributed by atoms with Gasteiger partial charge in [0, 0.05) is 28.8 Å². The van der Waals surface area contributed by atoms with Crippen LogP contribution in [0.25, 0.3) is 22.2 Å². The maximum atomic E-state index is 11.9. The lowest BCUT2D eigenvalue weighted by Gasteiger charge is -2.05. The van der Waals surface area contributed by atoms with Gasteiger partial charge in [-0.05, 0) is 25.1 Å². The van der Waals surface area contributed by atoms with Gasteiger partial charge in [0.15, 0.2) is 0 Å². The average Bonchev–Trinajstić information content (AvgIpc) is 3.05. The molecule has 1 aromatic heterocycles. The second-order valence-electron chi connectivity index (χ2n) is 5.27. The van der Waals surface area contributed by atoms with Crippen molar-refractivity contribution in [3.8, 4) is 11.3 Å². The summed E-state index contributed by atoms with van der Waals surface area (Å²) in [6.45, 7) is 1.97. The molecule has 0 saturated heterocycles. The van der Waals surface area contributed by atoms with E-state index in [-0.39, 0.29) is 6.61 Å². The third-order valence-corrected chi connectivity index (χ3v) is 3.53. The molecule has 0 aliphatic rings. The van der Waals surface area contributed by atoms with E-state index in [1.807, 2.05) is 42.5 Å². The first kappa shape index (κ1) is 16.4. The average molecular weight is 335 g/mol. The van der Waals surface area contributed by atoms with Crippen LogP contribution in [0.15, 0.2) is 60.7 Å². The molecule has 0 bridgehead atoms. The van der Waals surface area contributed by atoms with Crippen molar-refractivity contribution in [2.75, 3.05) is 11.9 Å². The molecule has 25 heavy (non-hydrogen) atoms. The molecule has 0 fully saturated rings. The molecule has 0 atom stereocenters. The summed E-state index contributed by atoms with van der Waals surface area (Å²) >= 11 is 0. The number of anilines is 1. The molecule has 0 saturated carbocycles. The highest BCUT2D eigenvalue weighted by Crippen LogP contribution is 2.27. The van der Waals surface area contributed by atoms with Crippen LogP contribution < -0.4 is 5.32 Å². The van der Waals surface area contributed by atoms with E-state index in [9.17, 15) is 9.59 Å². The second kappa shape index (κ2) is 7.44. The van der Waals surface area contributed by atoms with E-state index in [0.717, 1.165) is 34.3 Å². The molecule has 3 aromatic rings. The first-order valence-electron chi connectivity index (χ1n) is 7.86. The van der Waals surface area contributed by atoms with Gasteiger partial charge in [0.1, 0.15) is 0 Å². The van der Waals surface area contributed by atoms with Crippen molar-refractivity contribution in [3.63, 3.8) is 0 Å². The standard InChI is InChI=1S/C19H17N3O3/c1-2-25-18(24)11-10-17(23)20-14-7-5-6-13(12-14)19-15-8-3-4-9-16(15)21-22-19/h3-12H,2H2,1H3,(H,20,23)(H,21,22)/b11-10+. The van der Waals surface area contributed by atoms with Gasteiger partial charge in [0.2, 0.25) is 5.91 Å². The Labute approximate surface area is 144 Å². The van der Waals surface area contributed by atoms with E-state index in [2.05, 4.69) is 15.5 Å². The number of hydrogen-bond acceptors (Lipinski definition) is 4. The number of para-hydroxylation sites is 1. The fourth-order valence-corrected chi connectivity index (χ4v) is 2.45. The highest BCUT2D eigenvalue weighted by Gasteiger charge is 2.08. The summed E-state index contributed by atoms with van der Waals surface area (Å²) in [6, 6.07) is 15.2. The van der Waals surface area contributed by atoms with Gasteiger partial charge in [-0.1, -0.05) is 30.3 Å². The van der Waals surface area contributed by atoms with E-state index >= 15 is 0 Å². The first-order valence-corrected chi connectivity index (χ1v) is 7.86. The van der Waals surface area contributed by atoms with Crippen LogP contribution in [0, 0.1) is 0 Å². The van der Waals surface area contributed by atoms with Gasteiger partial charge < -0.3 is 10.1 Å². The summed E-state index contributed by atoms with van der Waals surface area (Å²) < 4.78 is 4.73. The molecule has 1 amide bonds. The number of esters is 1. The van der Waals surface area contributed by atoms with Crippen molar-refractivity contribution < 1.29 is 14.3 Å². The number of carbonyl (C=O) groups excluding carboxylic acids is 2. The van der Waals surface area contributed by atoms with Gasteiger partial charge in [-0.3, -0.25) is 9.89 Å². The Morgan fingerprint density at radius 3 is 2.84 bits per heavy atom. The zero-order valence-corrected chi connectivity index (χ0v) is 13.7. The second-order valence-corrected chi connectivity index (χ2v) is 5.27. The van der Waals surface area contributed by atoms with E-state index in [1.165, 1.54) is 0 Å². The number of nitrogens with one attached hydrogen (secondary N) is 2. The summed E-state index contributed by atoms with van der Waals surface area (Å²) in [5.41, 5.74) is 3.26. The van der Waals surface area contributed by atoms with Crippen LogP contribution in [-0.4, -0.2) is 28.7 Å². The number of aromatic nitrogens is 2. The maximum absolute atomic E-state index is 11.9. The molecular formula is C19H17N3O3. The number of H-pyrrole nitrogens is 1. The Balaban J connectivity index is 1.78. The minimum Gasteiger partial charge on any atom is -0.463 e. The zero-order chi connectivity index (χ0) is 17.6. The largest absolute Gasteiger partial charge is 0.463 e. The lowest BCUT2D eigenvalue weighted by atomic mass is 10.1. The highest BCUT2D eigenvalue weighted by atomic mass is 16.5. The number of fused-ring (bicyclic) bond motifs is 1. The van der Waals surface area contributed by atoms with Crippen molar-refractivity contribution in [3.05, 3.63) is 60.7 Å². The normalized spacial score (nSPS) is 10.9. The van der Waals surface area contributed by atoms with Gasteiger partial charge >= 0.3 is 5.97 Å². The van der Waals surface area contributed by atoms with E-state index < -0.39 is 11.9 Å². The zero-order valence-electron chi connectivity index (χ0n) is 13.7. The van der Waals surface area contributed by atoms with Gasteiger partial charge in [0.25, 0.3) is 0 Å². The molecule has 126 valence electrons. The van der Waals surface area contributed by atoms with E-state index in [1.54, 1.807) is 13.0 Å². The molecule has 3 rings (SSSR count). The predicted molar refractivity (Wildman–Crippen MR) is 95.9 cm³/mol. The van der Waals surface area contributed by atoms with Gasteiger partial charge in [-0.2, -0.15) is 5.10 Å². The van der Waals surface area contributed by atoms with Crippen molar-refractivity contribution in [1.82, 2.24) is 10.2 Å². The number of aromatic amines is 1. The number of hydrogen-bond donors (Lipinski definition) is 2. The monoisotopic (exact) mass is 335 g/mol. The Kier molecular flexibility index (Phi) is 4.89.